The van der Waals surface area contributed by atoms with E-state index < -0.39 is 0 Å². The van der Waals surface area contributed by atoms with Crippen molar-refractivity contribution in [2.75, 3.05) is 6.54 Å². The van der Waals surface area contributed by atoms with Gasteiger partial charge in [-0.2, -0.15) is 0 Å². The van der Waals surface area contributed by atoms with Gasteiger partial charge in [0, 0.05) is 5.92 Å². The second-order valence-corrected chi connectivity index (χ2v) is 1.80. The van der Waals surface area contributed by atoms with Gasteiger partial charge in [-0.3, -0.25) is 0 Å². The van der Waals surface area contributed by atoms with Gasteiger partial charge in [-0.15, -0.1) is 0 Å². The zero-order chi connectivity index (χ0) is 5.11. The Balaban J connectivity index is 2.16. The van der Waals surface area contributed by atoms with Crippen molar-refractivity contribution < 1.29 is 0 Å². The van der Waals surface area contributed by atoms with Crippen LogP contribution in [0.1, 0.15) is 12.8 Å². The van der Waals surface area contributed by atoms with Crippen LogP contribution >= 0.6 is 0 Å². The van der Waals surface area contributed by atoms with Crippen molar-refractivity contribution in [3.8, 4) is 11.8 Å². The quantitative estimate of drug-likeness (QED) is 0.432. The van der Waals surface area contributed by atoms with E-state index in [0.717, 1.165) is 0 Å². The molecular formula is C6H9N. The molecular weight excluding hydrogens is 86.1 g/mol. The Morgan fingerprint density at radius 1 is 1.57 bits per heavy atom. The van der Waals surface area contributed by atoms with E-state index in [2.05, 4.69) is 11.8 Å². The Labute approximate surface area is 43.9 Å². The molecule has 38 valence electrons. The van der Waals surface area contributed by atoms with Gasteiger partial charge in [0.2, 0.25) is 0 Å². The largest absolute Gasteiger partial charge is 0.320 e. The first-order valence-electron chi connectivity index (χ1n) is 2.62. The van der Waals surface area contributed by atoms with Gasteiger partial charge in [-0.1, -0.05) is 11.8 Å². The SMILES string of the molecule is NCC#CC1CC1. The van der Waals surface area contributed by atoms with Crippen LogP contribution in [0.25, 0.3) is 0 Å². The maximum absolute atomic E-state index is 5.13. The zero-order valence-corrected chi connectivity index (χ0v) is 4.28. The minimum Gasteiger partial charge on any atom is -0.320 e. The lowest BCUT2D eigenvalue weighted by molar-refractivity contribution is 1.17. The molecule has 0 unspecified atom stereocenters. The highest BCUT2D eigenvalue weighted by molar-refractivity contribution is 5.09. The second-order valence-electron chi connectivity index (χ2n) is 1.80. The maximum atomic E-state index is 5.13. The summed E-state index contributed by atoms with van der Waals surface area (Å²) in [5.74, 6) is 6.58. The molecule has 2 N–H and O–H groups in total. The summed E-state index contributed by atoms with van der Waals surface area (Å²) in [5.41, 5.74) is 5.13. The highest BCUT2D eigenvalue weighted by Crippen LogP contribution is 2.27. The lowest BCUT2D eigenvalue weighted by atomic mass is 10.4. The molecule has 0 aromatic carbocycles. The summed E-state index contributed by atoms with van der Waals surface area (Å²) in [6.45, 7) is 0.524. The monoisotopic (exact) mass is 95.1 g/mol. The summed E-state index contributed by atoms with van der Waals surface area (Å²) >= 11 is 0. The van der Waals surface area contributed by atoms with Crippen LogP contribution in [0, 0.1) is 17.8 Å². The van der Waals surface area contributed by atoms with Crippen molar-refractivity contribution in [1.82, 2.24) is 0 Å². The van der Waals surface area contributed by atoms with Crippen LogP contribution in [0.3, 0.4) is 0 Å². The standard InChI is InChI=1S/C6H9N/c7-5-1-2-6-3-4-6/h6H,3-5,7H2. The molecule has 1 aliphatic carbocycles. The number of rotatable bonds is 0. The smallest absolute Gasteiger partial charge is 0.0551 e. The highest BCUT2D eigenvalue weighted by atomic mass is 14.5. The van der Waals surface area contributed by atoms with E-state index in [4.69, 9.17) is 5.73 Å². The normalized spacial score (nSPS) is 17.9. The Morgan fingerprint density at radius 2 is 2.29 bits per heavy atom. The minimum atomic E-state index is 0.524. The Morgan fingerprint density at radius 3 is 2.71 bits per heavy atom. The summed E-state index contributed by atoms with van der Waals surface area (Å²) in [6.07, 6.45) is 2.60. The van der Waals surface area contributed by atoms with E-state index in [1.54, 1.807) is 0 Å². The number of nitrogens with two attached hydrogens (primary N) is 1. The molecule has 1 heteroatoms. The molecule has 0 bridgehead atoms. The summed E-state index contributed by atoms with van der Waals surface area (Å²) in [6, 6.07) is 0. The van der Waals surface area contributed by atoms with Crippen LogP contribution in [0.2, 0.25) is 0 Å². The Hall–Kier alpha value is -0.480. The van der Waals surface area contributed by atoms with E-state index in [0.29, 0.717) is 12.5 Å². The third-order valence-corrected chi connectivity index (χ3v) is 0.986. The molecule has 1 rings (SSSR count). The topological polar surface area (TPSA) is 26.0 Å². The minimum absolute atomic E-state index is 0.524. The van der Waals surface area contributed by atoms with Crippen LogP contribution in [0.5, 0.6) is 0 Å². The van der Waals surface area contributed by atoms with Gasteiger partial charge in [0.05, 0.1) is 6.54 Å². The molecule has 0 aliphatic heterocycles. The fraction of sp³-hybridized carbons (Fsp3) is 0.667. The molecule has 0 amide bonds. The van der Waals surface area contributed by atoms with Gasteiger partial charge in [0.1, 0.15) is 0 Å². The molecule has 0 spiro atoms. The molecule has 1 saturated carbocycles. The molecule has 1 fully saturated rings. The van der Waals surface area contributed by atoms with Gasteiger partial charge < -0.3 is 5.73 Å². The molecule has 0 heterocycles. The molecule has 1 aliphatic rings. The Bertz CT molecular complexity index is 103. The van der Waals surface area contributed by atoms with Crippen LogP contribution < -0.4 is 5.73 Å². The van der Waals surface area contributed by atoms with Gasteiger partial charge in [-0.05, 0) is 12.8 Å². The Kier molecular flexibility index (Phi) is 1.33. The lowest BCUT2D eigenvalue weighted by Crippen LogP contribution is -1.92. The fourth-order valence-corrected chi connectivity index (χ4v) is 0.431. The van der Waals surface area contributed by atoms with Crippen molar-refractivity contribution in [1.29, 1.82) is 0 Å². The first kappa shape index (κ1) is 4.67. The maximum Gasteiger partial charge on any atom is 0.0551 e. The van der Waals surface area contributed by atoms with Crippen molar-refractivity contribution in [3.63, 3.8) is 0 Å². The number of hydrogen-bond donors (Lipinski definition) is 1. The van der Waals surface area contributed by atoms with Crippen molar-refractivity contribution in [2.24, 2.45) is 11.7 Å². The second kappa shape index (κ2) is 1.99. The average molecular weight is 95.1 g/mol. The number of hydrogen-bond acceptors (Lipinski definition) is 1. The fourth-order valence-electron chi connectivity index (χ4n) is 0.431. The average Bonchev–Trinajstić information content (AvgIpc) is 2.42. The molecule has 7 heavy (non-hydrogen) atoms. The van der Waals surface area contributed by atoms with Crippen LogP contribution in [-0.2, 0) is 0 Å². The predicted octanol–water partition coefficient (Wildman–Crippen LogP) is 0.359. The predicted molar refractivity (Wildman–Crippen MR) is 29.6 cm³/mol. The van der Waals surface area contributed by atoms with Crippen molar-refractivity contribution in [2.45, 2.75) is 12.8 Å². The molecule has 0 aromatic heterocycles. The highest BCUT2D eigenvalue weighted by Gasteiger charge is 2.17. The van der Waals surface area contributed by atoms with Crippen molar-refractivity contribution >= 4 is 0 Å². The van der Waals surface area contributed by atoms with E-state index in [1.807, 2.05) is 0 Å². The van der Waals surface area contributed by atoms with Gasteiger partial charge in [0.25, 0.3) is 0 Å². The summed E-state index contributed by atoms with van der Waals surface area (Å²) in [5, 5.41) is 0. The molecule has 1 nitrogen and oxygen atoms in total. The van der Waals surface area contributed by atoms with E-state index in [1.165, 1.54) is 12.8 Å². The lowest BCUT2D eigenvalue weighted by Gasteiger charge is -1.69. The third kappa shape index (κ3) is 1.61. The third-order valence-electron chi connectivity index (χ3n) is 0.986. The molecule has 0 saturated heterocycles. The summed E-state index contributed by atoms with van der Waals surface area (Å²) in [7, 11) is 0. The van der Waals surface area contributed by atoms with Crippen molar-refractivity contribution in [3.05, 3.63) is 0 Å². The van der Waals surface area contributed by atoms with E-state index in [-0.39, 0.29) is 0 Å². The molecule has 0 radical (unpaired) electrons. The van der Waals surface area contributed by atoms with Gasteiger partial charge in [0.15, 0.2) is 0 Å². The van der Waals surface area contributed by atoms with Crippen LogP contribution in [0.15, 0.2) is 0 Å². The van der Waals surface area contributed by atoms with Gasteiger partial charge >= 0.3 is 0 Å². The van der Waals surface area contributed by atoms with Crippen LogP contribution in [0.4, 0.5) is 0 Å². The van der Waals surface area contributed by atoms with E-state index in [9.17, 15) is 0 Å². The first-order valence-corrected chi connectivity index (χ1v) is 2.62. The zero-order valence-electron chi connectivity index (χ0n) is 4.28. The van der Waals surface area contributed by atoms with E-state index >= 15 is 0 Å². The van der Waals surface area contributed by atoms with Gasteiger partial charge in [-0.25, -0.2) is 0 Å². The first-order chi connectivity index (χ1) is 3.43. The summed E-state index contributed by atoms with van der Waals surface area (Å²) < 4.78 is 0. The summed E-state index contributed by atoms with van der Waals surface area (Å²) in [4.78, 5) is 0. The molecule has 0 atom stereocenters. The molecule has 0 aromatic rings. The van der Waals surface area contributed by atoms with Crippen LogP contribution in [-0.4, -0.2) is 6.54 Å².